The van der Waals surface area contributed by atoms with E-state index in [0.29, 0.717) is 11.7 Å². The van der Waals surface area contributed by atoms with Gasteiger partial charge in [0.15, 0.2) is 5.82 Å². The van der Waals surface area contributed by atoms with Gasteiger partial charge in [0.25, 0.3) is 5.91 Å². The molecular formula is C21H22N4O. The van der Waals surface area contributed by atoms with Gasteiger partial charge < -0.3 is 4.90 Å². The highest BCUT2D eigenvalue weighted by atomic mass is 16.2. The van der Waals surface area contributed by atoms with Crippen LogP contribution in [-0.4, -0.2) is 39.1 Å². The number of hydrogen-bond donors (Lipinski definition) is 1. The number of rotatable bonds is 3. The highest BCUT2D eigenvalue weighted by Gasteiger charge is 2.26. The van der Waals surface area contributed by atoms with Gasteiger partial charge in [-0.2, -0.15) is 5.10 Å². The second-order valence-corrected chi connectivity index (χ2v) is 6.86. The number of nitrogens with one attached hydrogen (secondary N) is 1. The molecule has 1 aromatic heterocycles. The predicted octanol–water partition coefficient (Wildman–Crippen LogP) is 3.80. The molecule has 0 aliphatic carbocycles. The molecule has 1 unspecified atom stereocenters. The van der Waals surface area contributed by atoms with Gasteiger partial charge in [-0.1, -0.05) is 36.4 Å². The first-order valence-corrected chi connectivity index (χ1v) is 9.03. The van der Waals surface area contributed by atoms with Gasteiger partial charge in [-0.3, -0.25) is 9.89 Å². The second-order valence-electron chi connectivity index (χ2n) is 6.86. The number of nitrogens with zero attached hydrogens (tertiary/aromatic N) is 3. The van der Waals surface area contributed by atoms with Crippen molar-refractivity contribution in [3.05, 3.63) is 71.5 Å². The maximum absolute atomic E-state index is 12.9. The third-order valence-corrected chi connectivity index (χ3v) is 5.16. The van der Waals surface area contributed by atoms with Gasteiger partial charge in [-0.15, -0.1) is 0 Å². The summed E-state index contributed by atoms with van der Waals surface area (Å²) in [7, 11) is 0. The number of aromatic amines is 1. The average Bonchev–Trinajstić information content (AvgIpc) is 3.23. The molecule has 1 N–H and O–H groups in total. The van der Waals surface area contributed by atoms with Crippen LogP contribution in [0.2, 0.25) is 0 Å². The lowest BCUT2D eigenvalue weighted by Gasteiger charge is -2.33. The van der Waals surface area contributed by atoms with E-state index in [2.05, 4.69) is 46.4 Å². The Kier molecular flexibility index (Phi) is 4.52. The zero-order chi connectivity index (χ0) is 17.9. The lowest BCUT2D eigenvalue weighted by Crippen LogP contribution is -2.39. The van der Waals surface area contributed by atoms with Crippen LogP contribution in [0.15, 0.2) is 54.9 Å². The molecule has 1 saturated heterocycles. The normalized spacial score (nSPS) is 17.3. The Morgan fingerprint density at radius 2 is 1.96 bits per heavy atom. The molecule has 1 aliphatic rings. The van der Waals surface area contributed by atoms with Crippen molar-refractivity contribution in [3.63, 3.8) is 0 Å². The van der Waals surface area contributed by atoms with Crippen molar-refractivity contribution in [2.24, 2.45) is 0 Å². The molecule has 1 fully saturated rings. The molecular weight excluding hydrogens is 324 g/mol. The molecule has 3 aromatic rings. The van der Waals surface area contributed by atoms with Gasteiger partial charge in [0.2, 0.25) is 0 Å². The first-order valence-electron chi connectivity index (χ1n) is 9.03. The van der Waals surface area contributed by atoms with Crippen LogP contribution < -0.4 is 0 Å². The minimum Gasteiger partial charge on any atom is -0.338 e. The molecule has 132 valence electrons. The van der Waals surface area contributed by atoms with E-state index < -0.39 is 0 Å². The monoisotopic (exact) mass is 346 g/mol. The molecule has 1 aliphatic heterocycles. The van der Waals surface area contributed by atoms with E-state index >= 15 is 0 Å². The zero-order valence-electron chi connectivity index (χ0n) is 14.9. The van der Waals surface area contributed by atoms with E-state index in [1.54, 1.807) is 0 Å². The molecule has 0 radical (unpaired) electrons. The third-order valence-electron chi connectivity index (χ3n) is 5.16. The molecule has 2 aromatic carbocycles. The number of H-pyrrole nitrogens is 1. The van der Waals surface area contributed by atoms with Crippen LogP contribution in [-0.2, 0) is 0 Å². The van der Waals surface area contributed by atoms with E-state index in [0.717, 1.165) is 37.1 Å². The number of amides is 1. The van der Waals surface area contributed by atoms with Crippen LogP contribution in [0.5, 0.6) is 0 Å². The van der Waals surface area contributed by atoms with E-state index in [1.165, 1.54) is 17.5 Å². The summed E-state index contributed by atoms with van der Waals surface area (Å²) >= 11 is 0. The number of piperidine rings is 1. The number of carbonyl (C=O) groups is 1. The largest absolute Gasteiger partial charge is 0.338 e. The van der Waals surface area contributed by atoms with E-state index in [1.807, 2.05) is 29.2 Å². The van der Waals surface area contributed by atoms with Gasteiger partial charge in [0.1, 0.15) is 6.33 Å². The van der Waals surface area contributed by atoms with Crippen LogP contribution in [0.25, 0.3) is 11.4 Å². The van der Waals surface area contributed by atoms with Crippen LogP contribution in [0.3, 0.4) is 0 Å². The summed E-state index contributed by atoms with van der Waals surface area (Å²) in [5, 5.41) is 6.70. The fraction of sp³-hybridized carbons (Fsp3) is 0.286. The van der Waals surface area contributed by atoms with Crippen molar-refractivity contribution < 1.29 is 4.79 Å². The Balaban J connectivity index is 1.50. The third kappa shape index (κ3) is 3.25. The topological polar surface area (TPSA) is 61.9 Å². The van der Waals surface area contributed by atoms with Gasteiger partial charge in [0.05, 0.1) is 0 Å². The van der Waals surface area contributed by atoms with E-state index in [-0.39, 0.29) is 5.91 Å². The Hall–Kier alpha value is -2.95. The summed E-state index contributed by atoms with van der Waals surface area (Å²) in [6.45, 7) is 3.76. The first kappa shape index (κ1) is 16.5. The molecule has 1 amide bonds. The van der Waals surface area contributed by atoms with Crippen LogP contribution in [0.1, 0.15) is 40.2 Å². The quantitative estimate of drug-likeness (QED) is 0.785. The molecule has 4 rings (SSSR count). The van der Waals surface area contributed by atoms with Crippen molar-refractivity contribution in [2.75, 3.05) is 13.1 Å². The Bertz CT molecular complexity index is 887. The summed E-state index contributed by atoms with van der Waals surface area (Å²) in [4.78, 5) is 19.1. The fourth-order valence-electron chi connectivity index (χ4n) is 3.76. The summed E-state index contributed by atoms with van der Waals surface area (Å²) in [6.07, 6.45) is 3.66. The number of hydrogen-bond acceptors (Lipinski definition) is 3. The minimum atomic E-state index is 0.104. The molecule has 5 heteroatoms. The first-order chi connectivity index (χ1) is 12.7. The van der Waals surface area contributed by atoms with Gasteiger partial charge in [-0.25, -0.2) is 4.98 Å². The standard InChI is InChI=1S/C21H22N4O/c1-15-5-2-3-7-19(15)18-6-4-12-25(13-18)21(26)17-10-8-16(9-11-17)20-22-14-23-24-20/h2-3,5,7-11,14,18H,4,6,12-13H2,1H3,(H,22,23,24). The van der Waals surface area contributed by atoms with E-state index in [4.69, 9.17) is 0 Å². The smallest absolute Gasteiger partial charge is 0.253 e. The summed E-state index contributed by atoms with van der Waals surface area (Å²) in [6, 6.07) is 16.1. The summed E-state index contributed by atoms with van der Waals surface area (Å²) in [5.41, 5.74) is 4.32. The maximum Gasteiger partial charge on any atom is 0.253 e. The van der Waals surface area contributed by atoms with Crippen molar-refractivity contribution in [1.82, 2.24) is 20.1 Å². The summed E-state index contributed by atoms with van der Waals surface area (Å²) < 4.78 is 0. The van der Waals surface area contributed by atoms with Gasteiger partial charge in [-0.05, 0) is 43.0 Å². The zero-order valence-corrected chi connectivity index (χ0v) is 14.9. The molecule has 0 bridgehead atoms. The minimum absolute atomic E-state index is 0.104. The highest BCUT2D eigenvalue weighted by Crippen LogP contribution is 2.29. The van der Waals surface area contributed by atoms with E-state index in [9.17, 15) is 4.79 Å². The molecule has 2 heterocycles. The van der Waals surface area contributed by atoms with Crippen molar-refractivity contribution >= 4 is 5.91 Å². The highest BCUT2D eigenvalue weighted by molar-refractivity contribution is 5.94. The molecule has 0 saturated carbocycles. The van der Waals surface area contributed by atoms with Crippen LogP contribution >= 0.6 is 0 Å². The average molecular weight is 346 g/mol. The fourth-order valence-corrected chi connectivity index (χ4v) is 3.76. The molecule has 26 heavy (non-hydrogen) atoms. The Labute approximate surface area is 153 Å². The van der Waals surface area contributed by atoms with Crippen molar-refractivity contribution in [1.29, 1.82) is 0 Å². The number of aryl methyl sites for hydroxylation is 1. The lowest BCUT2D eigenvalue weighted by molar-refractivity contribution is 0.0707. The van der Waals surface area contributed by atoms with Gasteiger partial charge in [0, 0.05) is 30.1 Å². The van der Waals surface area contributed by atoms with Gasteiger partial charge >= 0.3 is 0 Å². The van der Waals surface area contributed by atoms with Crippen LogP contribution in [0.4, 0.5) is 0 Å². The Morgan fingerprint density at radius 1 is 1.15 bits per heavy atom. The maximum atomic E-state index is 12.9. The number of carbonyl (C=O) groups excluding carboxylic acids is 1. The predicted molar refractivity (Wildman–Crippen MR) is 101 cm³/mol. The Morgan fingerprint density at radius 3 is 2.69 bits per heavy atom. The number of aromatic nitrogens is 3. The second kappa shape index (κ2) is 7.12. The molecule has 5 nitrogen and oxygen atoms in total. The SMILES string of the molecule is Cc1ccccc1C1CCCN(C(=O)c2ccc(-c3ncn[nH]3)cc2)C1. The molecule has 0 spiro atoms. The lowest BCUT2D eigenvalue weighted by atomic mass is 9.88. The number of likely N-dealkylation sites (tertiary alicyclic amines) is 1. The number of benzene rings is 2. The van der Waals surface area contributed by atoms with Crippen molar-refractivity contribution in [3.8, 4) is 11.4 Å². The summed E-state index contributed by atoms with van der Waals surface area (Å²) in [5.74, 6) is 1.23. The molecule has 1 atom stereocenters. The van der Waals surface area contributed by atoms with Crippen molar-refractivity contribution in [2.45, 2.75) is 25.7 Å². The van der Waals surface area contributed by atoms with Crippen LogP contribution in [0, 0.1) is 6.92 Å².